The number of carbonyl (C=O) groups excluding carboxylic acids is 2. The number of thiazole rings is 1. The van der Waals surface area contributed by atoms with Gasteiger partial charge in [0.05, 0.1) is 6.61 Å². The van der Waals surface area contributed by atoms with Gasteiger partial charge >= 0.3 is 5.97 Å². The molecule has 28 heavy (non-hydrogen) atoms. The number of nitrogens with zero attached hydrogens (tertiary/aromatic N) is 3. The van der Waals surface area contributed by atoms with Gasteiger partial charge in [-0.05, 0) is 5.57 Å². The number of anilines is 1. The van der Waals surface area contributed by atoms with Gasteiger partial charge < -0.3 is 25.7 Å². The first-order chi connectivity index (χ1) is 13.4. The maximum Gasteiger partial charge on any atom is 0.352 e. The molecule has 150 valence electrons. The van der Waals surface area contributed by atoms with Crippen LogP contribution in [0.2, 0.25) is 0 Å². The number of methoxy groups -OCH3 is 1. The van der Waals surface area contributed by atoms with E-state index in [4.69, 9.17) is 15.3 Å². The summed E-state index contributed by atoms with van der Waals surface area (Å²) < 4.78 is 5.02. The minimum atomic E-state index is -1.21. The van der Waals surface area contributed by atoms with Crippen LogP contribution in [0.3, 0.4) is 0 Å². The maximum absolute atomic E-state index is 12.6. The van der Waals surface area contributed by atoms with Gasteiger partial charge in [0.1, 0.15) is 29.9 Å². The van der Waals surface area contributed by atoms with Crippen LogP contribution in [0.5, 0.6) is 0 Å². The number of carbonyl (C=O) groups is 3. The van der Waals surface area contributed by atoms with Crippen LogP contribution in [0.25, 0.3) is 0 Å². The number of carboxylic acid groups (broad SMARTS) is 1. The number of thioether (sulfide) groups is 1. The van der Waals surface area contributed by atoms with Crippen molar-refractivity contribution in [2.75, 3.05) is 32.3 Å². The number of nitrogens with two attached hydrogens (primary N) is 1. The molecule has 3 rings (SSSR count). The second-order valence-corrected chi connectivity index (χ2v) is 7.74. The topological polar surface area (TPSA) is 156 Å². The van der Waals surface area contributed by atoms with Crippen molar-refractivity contribution in [3.8, 4) is 0 Å². The van der Waals surface area contributed by atoms with Crippen molar-refractivity contribution < 1.29 is 29.1 Å². The van der Waals surface area contributed by atoms with Crippen molar-refractivity contribution in [3.05, 3.63) is 22.3 Å². The van der Waals surface area contributed by atoms with Crippen LogP contribution in [-0.4, -0.2) is 76.5 Å². The molecule has 0 bridgehead atoms. The number of β-lactam (4-membered cyclic amide) rings is 1. The first-order valence-corrected chi connectivity index (χ1v) is 9.84. The van der Waals surface area contributed by atoms with Gasteiger partial charge in [0, 0.05) is 18.2 Å². The van der Waals surface area contributed by atoms with Crippen molar-refractivity contribution in [2.45, 2.75) is 11.4 Å². The van der Waals surface area contributed by atoms with E-state index in [9.17, 15) is 19.5 Å². The highest BCUT2D eigenvalue weighted by atomic mass is 32.2. The lowest BCUT2D eigenvalue weighted by Crippen LogP contribution is -2.71. The zero-order valence-corrected chi connectivity index (χ0v) is 16.5. The third-order valence-electron chi connectivity index (χ3n) is 4.02. The van der Waals surface area contributed by atoms with Crippen molar-refractivity contribution in [2.24, 2.45) is 5.16 Å². The van der Waals surface area contributed by atoms with Crippen LogP contribution < -0.4 is 11.1 Å². The second kappa shape index (κ2) is 8.16. The molecule has 2 atom stereocenters. The monoisotopic (exact) mass is 427 g/mol. The Hall–Kier alpha value is -2.64. The molecule has 0 radical (unpaired) electrons. The summed E-state index contributed by atoms with van der Waals surface area (Å²) in [4.78, 5) is 46.7. The average molecular weight is 427 g/mol. The van der Waals surface area contributed by atoms with Gasteiger partial charge in [-0.3, -0.25) is 14.5 Å². The first-order valence-electron chi connectivity index (χ1n) is 7.91. The van der Waals surface area contributed by atoms with Crippen LogP contribution in [0.4, 0.5) is 5.13 Å². The van der Waals surface area contributed by atoms with Crippen LogP contribution in [0, 0.1) is 0 Å². The van der Waals surface area contributed by atoms with Crippen molar-refractivity contribution in [1.29, 1.82) is 0 Å². The maximum atomic E-state index is 12.6. The number of nitrogen functional groups attached to an aromatic ring is 1. The average Bonchev–Trinajstić information content (AvgIpc) is 3.09. The molecule has 4 N–H and O–H groups in total. The quantitative estimate of drug-likeness (QED) is 0.295. The van der Waals surface area contributed by atoms with Crippen molar-refractivity contribution >= 4 is 51.7 Å². The molecule has 0 aliphatic carbocycles. The Kier molecular flexibility index (Phi) is 5.86. The summed E-state index contributed by atoms with van der Waals surface area (Å²) >= 11 is 2.47. The Morgan fingerprint density at radius 1 is 1.50 bits per heavy atom. The molecular weight excluding hydrogens is 410 g/mol. The van der Waals surface area contributed by atoms with E-state index in [1.165, 1.54) is 30.9 Å². The molecule has 1 fully saturated rings. The number of fused-ring (bicyclic) bond motifs is 1. The van der Waals surface area contributed by atoms with Crippen molar-refractivity contribution in [1.82, 2.24) is 15.2 Å². The zero-order valence-electron chi connectivity index (χ0n) is 14.9. The number of hydrogen-bond acceptors (Lipinski definition) is 10. The Labute approximate surface area is 167 Å². The number of carboxylic acids is 1. The minimum absolute atomic E-state index is 0.0980. The summed E-state index contributed by atoms with van der Waals surface area (Å²) in [5.41, 5.74) is 6.09. The third-order valence-corrected chi connectivity index (χ3v) is 6.03. The van der Waals surface area contributed by atoms with E-state index in [2.05, 4.69) is 15.5 Å². The highest BCUT2D eigenvalue weighted by Gasteiger charge is 2.54. The van der Waals surface area contributed by atoms with Crippen LogP contribution >= 0.6 is 23.1 Å². The molecule has 11 nitrogen and oxygen atoms in total. The number of nitrogens with one attached hydrogen (secondary N) is 1. The molecule has 2 aliphatic heterocycles. The smallest absolute Gasteiger partial charge is 0.352 e. The number of ether oxygens (including phenoxy) is 1. The molecule has 3 heterocycles. The molecule has 0 saturated carbocycles. The molecule has 0 aromatic carbocycles. The molecule has 1 unspecified atom stereocenters. The summed E-state index contributed by atoms with van der Waals surface area (Å²) in [6.45, 7) is 0.109. The molecule has 1 aromatic heterocycles. The fraction of sp³-hybridized carbons (Fsp3) is 0.400. The van der Waals surface area contributed by atoms with E-state index in [0.29, 0.717) is 11.3 Å². The number of rotatable bonds is 7. The lowest BCUT2D eigenvalue weighted by Gasteiger charge is -2.49. The molecule has 1 aromatic rings. The summed E-state index contributed by atoms with van der Waals surface area (Å²) in [6.07, 6.45) is 0. The lowest BCUT2D eigenvalue weighted by atomic mass is 10.0. The van der Waals surface area contributed by atoms with E-state index in [1.807, 2.05) is 0 Å². The number of oxime groups is 1. The minimum Gasteiger partial charge on any atom is -0.477 e. The van der Waals surface area contributed by atoms with Crippen LogP contribution in [0.15, 0.2) is 21.8 Å². The molecule has 0 spiro atoms. The van der Waals surface area contributed by atoms with Gasteiger partial charge in [0.2, 0.25) is 0 Å². The van der Waals surface area contributed by atoms with Gasteiger partial charge in [-0.2, -0.15) is 0 Å². The SMILES string of the molecule is COCC1=C(C(=O)O)N2C(=O)C(NC(=O)/C(=N/OC)c3csc(N)n3)[C@H]2SC1. The Morgan fingerprint density at radius 2 is 2.25 bits per heavy atom. The number of aliphatic carboxylic acids is 1. The molecule has 13 heteroatoms. The highest BCUT2D eigenvalue weighted by molar-refractivity contribution is 8.00. The fourth-order valence-electron chi connectivity index (χ4n) is 2.87. The Morgan fingerprint density at radius 3 is 2.82 bits per heavy atom. The molecular formula is C15H17N5O6S2. The van der Waals surface area contributed by atoms with Gasteiger partial charge in [0.15, 0.2) is 10.8 Å². The summed E-state index contributed by atoms with van der Waals surface area (Å²) in [6, 6.07) is -0.894. The van der Waals surface area contributed by atoms with E-state index < -0.39 is 29.2 Å². The van der Waals surface area contributed by atoms with Gasteiger partial charge in [-0.25, -0.2) is 9.78 Å². The van der Waals surface area contributed by atoms with Crippen molar-refractivity contribution in [3.63, 3.8) is 0 Å². The molecule has 2 aliphatic rings. The van der Waals surface area contributed by atoms with Crippen LogP contribution in [0.1, 0.15) is 5.69 Å². The number of hydrogen-bond donors (Lipinski definition) is 3. The first kappa shape index (κ1) is 20.1. The van der Waals surface area contributed by atoms with Crippen LogP contribution in [-0.2, 0) is 24.0 Å². The Bertz CT molecular complexity index is 882. The number of aromatic nitrogens is 1. The fourth-order valence-corrected chi connectivity index (χ4v) is 4.75. The largest absolute Gasteiger partial charge is 0.477 e. The lowest BCUT2D eigenvalue weighted by molar-refractivity contribution is -0.150. The normalized spacial score (nSPS) is 21.9. The predicted octanol–water partition coefficient (Wildman–Crippen LogP) is -0.539. The highest BCUT2D eigenvalue weighted by Crippen LogP contribution is 2.40. The summed E-state index contributed by atoms with van der Waals surface area (Å²) in [5.74, 6) is -2.03. The predicted molar refractivity (Wildman–Crippen MR) is 102 cm³/mol. The van der Waals surface area contributed by atoms with Gasteiger partial charge in [-0.1, -0.05) is 5.16 Å². The zero-order chi connectivity index (χ0) is 20.4. The Balaban J connectivity index is 1.78. The molecule has 2 amide bonds. The van der Waals surface area contributed by atoms with E-state index in [-0.39, 0.29) is 28.8 Å². The van der Waals surface area contributed by atoms with Gasteiger partial charge in [-0.15, -0.1) is 23.1 Å². The summed E-state index contributed by atoms with van der Waals surface area (Å²) in [5, 5.41) is 17.0. The van der Waals surface area contributed by atoms with E-state index >= 15 is 0 Å². The second-order valence-electron chi connectivity index (χ2n) is 5.74. The van der Waals surface area contributed by atoms with E-state index in [0.717, 1.165) is 11.3 Å². The summed E-state index contributed by atoms with van der Waals surface area (Å²) in [7, 11) is 2.73. The standard InChI is InChI=1S/C15H17N5O6S2/c1-25-3-6-4-27-13-9(12(22)20(13)10(6)14(23)24)18-11(21)8(19-26-2)7-5-28-15(16)17-7/h5,9,13H,3-4H2,1-2H3,(H2,16,17)(H,18,21)(H,23,24)/b19-8+/t9?,13-/m1/s1. The third kappa shape index (κ3) is 3.55. The van der Waals surface area contributed by atoms with E-state index in [1.54, 1.807) is 5.38 Å². The van der Waals surface area contributed by atoms with Gasteiger partial charge in [0.25, 0.3) is 11.8 Å². The number of amides is 2. The molecule has 1 saturated heterocycles.